The van der Waals surface area contributed by atoms with E-state index in [0.29, 0.717) is 34.8 Å². The van der Waals surface area contributed by atoms with Crippen LogP contribution < -0.4 is 10.6 Å². The Hall–Kier alpha value is -6.35. The van der Waals surface area contributed by atoms with Crippen molar-refractivity contribution in [2.45, 2.75) is 37.8 Å². The summed E-state index contributed by atoms with van der Waals surface area (Å²) in [5.74, 6) is 1.12. The summed E-state index contributed by atoms with van der Waals surface area (Å²) in [4.78, 5) is 37.3. The highest BCUT2D eigenvalue weighted by Crippen LogP contribution is 2.38. The molecule has 7 aromatic rings. The van der Waals surface area contributed by atoms with Crippen molar-refractivity contribution in [1.82, 2.24) is 49.0 Å². The van der Waals surface area contributed by atoms with Gasteiger partial charge >= 0.3 is 0 Å². The number of amides is 2. The SMILES string of the molecule is O=C(Nc1cccc(-c2nncn2C2CC2)c1)c1cc(-n2ccnc2)ccn1.O=C(Nc1cccc(-c2nncn2C2CC2)c1)c1cc(Br)ccn1. The molecule has 2 aromatic carbocycles. The van der Waals surface area contributed by atoms with Crippen molar-refractivity contribution in [3.05, 3.63) is 132 Å². The quantitative estimate of drug-likeness (QED) is 0.161. The Labute approximate surface area is 306 Å². The molecule has 2 aliphatic carbocycles. The van der Waals surface area contributed by atoms with E-state index in [0.717, 1.165) is 58.6 Å². The molecule has 0 radical (unpaired) electrons. The van der Waals surface area contributed by atoms with E-state index in [-0.39, 0.29) is 11.8 Å². The molecular weight excluding hydrogens is 724 g/mol. The van der Waals surface area contributed by atoms with Gasteiger partial charge in [-0.25, -0.2) is 4.98 Å². The lowest BCUT2D eigenvalue weighted by Gasteiger charge is -2.09. The van der Waals surface area contributed by atoms with Crippen molar-refractivity contribution in [2.24, 2.45) is 0 Å². The third-order valence-electron chi connectivity index (χ3n) is 8.52. The molecule has 2 fully saturated rings. The molecule has 15 heteroatoms. The molecule has 14 nitrogen and oxygen atoms in total. The van der Waals surface area contributed by atoms with E-state index in [4.69, 9.17) is 0 Å². The highest BCUT2D eigenvalue weighted by molar-refractivity contribution is 9.10. The van der Waals surface area contributed by atoms with Gasteiger partial charge in [-0.1, -0.05) is 40.2 Å². The zero-order valence-corrected chi connectivity index (χ0v) is 29.2. The number of carbonyl (C=O) groups excluding carboxylic acids is 2. The molecule has 258 valence electrons. The largest absolute Gasteiger partial charge is 0.321 e. The Morgan fingerprint density at radius 3 is 1.73 bits per heavy atom. The average molecular weight is 756 g/mol. The van der Waals surface area contributed by atoms with E-state index in [1.165, 1.54) is 0 Å². The third kappa shape index (κ3) is 7.54. The van der Waals surface area contributed by atoms with Gasteiger partial charge in [0.1, 0.15) is 24.0 Å². The van der Waals surface area contributed by atoms with Gasteiger partial charge < -0.3 is 24.3 Å². The fourth-order valence-corrected chi connectivity index (χ4v) is 5.98. The van der Waals surface area contributed by atoms with E-state index in [1.54, 1.807) is 55.8 Å². The first-order chi connectivity index (χ1) is 25.5. The van der Waals surface area contributed by atoms with Crippen molar-refractivity contribution >= 4 is 39.1 Å². The fraction of sp³-hybridized carbons (Fsp3) is 0.162. The smallest absolute Gasteiger partial charge is 0.274 e. The maximum atomic E-state index is 12.7. The van der Waals surface area contributed by atoms with E-state index in [1.807, 2.05) is 65.4 Å². The van der Waals surface area contributed by atoms with Gasteiger partial charge in [0.2, 0.25) is 0 Å². The molecule has 0 spiro atoms. The lowest BCUT2D eigenvalue weighted by molar-refractivity contribution is 0.101. The summed E-state index contributed by atoms with van der Waals surface area (Å²) >= 11 is 3.34. The lowest BCUT2D eigenvalue weighted by Crippen LogP contribution is -2.14. The molecule has 0 unspecified atom stereocenters. The van der Waals surface area contributed by atoms with Crippen LogP contribution in [0.25, 0.3) is 28.5 Å². The Morgan fingerprint density at radius 1 is 0.654 bits per heavy atom. The number of imidazole rings is 1. The molecule has 5 aromatic heterocycles. The summed E-state index contributed by atoms with van der Waals surface area (Å²) in [6.45, 7) is 0. The number of carbonyl (C=O) groups is 2. The third-order valence-corrected chi connectivity index (χ3v) is 9.01. The molecule has 0 saturated heterocycles. The normalized spacial score (nSPS) is 13.6. The lowest BCUT2D eigenvalue weighted by atomic mass is 10.2. The maximum Gasteiger partial charge on any atom is 0.274 e. The number of aromatic nitrogens is 10. The Morgan fingerprint density at radius 2 is 1.21 bits per heavy atom. The van der Waals surface area contributed by atoms with E-state index in [2.05, 4.69) is 71.0 Å². The molecule has 2 N–H and O–H groups in total. The van der Waals surface area contributed by atoms with Crippen LogP contribution in [0.15, 0.2) is 121 Å². The highest BCUT2D eigenvalue weighted by atomic mass is 79.9. The minimum atomic E-state index is -0.275. The predicted molar refractivity (Wildman–Crippen MR) is 197 cm³/mol. The van der Waals surface area contributed by atoms with Crippen molar-refractivity contribution in [2.75, 3.05) is 10.6 Å². The number of hydrogen-bond acceptors (Lipinski definition) is 9. The molecule has 0 aliphatic heterocycles. The molecule has 52 heavy (non-hydrogen) atoms. The van der Waals surface area contributed by atoms with Crippen molar-refractivity contribution in [1.29, 1.82) is 0 Å². The summed E-state index contributed by atoms with van der Waals surface area (Å²) in [6, 6.07) is 23.2. The van der Waals surface area contributed by atoms with Crippen LogP contribution in [0.2, 0.25) is 0 Å². The number of anilines is 2. The average Bonchev–Trinajstić information content (AvgIpc) is 4.01. The zero-order valence-electron chi connectivity index (χ0n) is 27.6. The van der Waals surface area contributed by atoms with Gasteiger partial charge in [-0.05, 0) is 74.2 Å². The molecule has 0 atom stereocenters. The van der Waals surface area contributed by atoms with Gasteiger partial charge in [-0.15, -0.1) is 20.4 Å². The molecule has 2 amide bonds. The second-order valence-corrected chi connectivity index (χ2v) is 13.3. The van der Waals surface area contributed by atoms with Crippen LogP contribution in [0.3, 0.4) is 0 Å². The van der Waals surface area contributed by atoms with Crippen molar-refractivity contribution < 1.29 is 9.59 Å². The molecule has 2 saturated carbocycles. The Bertz CT molecular complexity index is 2360. The number of hydrogen-bond donors (Lipinski definition) is 2. The van der Waals surface area contributed by atoms with E-state index in [9.17, 15) is 9.59 Å². The van der Waals surface area contributed by atoms with Crippen LogP contribution in [0.4, 0.5) is 11.4 Å². The number of rotatable bonds is 9. The van der Waals surface area contributed by atoms with Crippen LogP contribution in [-0.4, -0.2) is 60.9 Å². The number of halogens is 1. The van der Waals surface area contributed by atoms with Gasteiger partial charge in [0.05, 0.1) is 12.0 Å². The number of nitrogens with one attached hydrogen (secondary N) is 2. The second-order valence-electron chi connectivity index (χ2n) is 12.4. The van der Waals surface area contributed by atoms with E-state index < -0.39 is 0 Å². The zero-order chi connectivity index (χ0) is 35.4. The highest BCUT2D eigenvalue weighted by Gasteiger charge is 2.27. The molecule has 2 aliphatic rings. The summed E-state index contributed by atoms with van der Waals surface area (Å²) in [5, 5.41) is 22.3. The fourth-order valence-electron chi connectivity index (χ4n) is 5.65. The van der Waals surface area contributed by atoms with Gasteiger partial charge in [-0.3, -0.25) is 19.6 Å². The Balaban J connectivity index is 0.000000151. The van der Waals surface area contributed by atoms with Crippen LogP contribution >= 0.6 is 15.9 Å². The van der Waals surface area contributed by atoms with Crippen molar-refractivity contribution in [3.8, 4) is 28.5 Å². The molecule has 5 heterocycles. The first-order valence-corrected chi connectivity index (χ1v) is 17.5. The number of nitrogens with zero attached hydrogens (tertiary/aromatic N) is 10. The maximum absolute atomic E-state index is 12.7. The first kappa shape index (κ1) is 32.8. The first-order valence-electron chi connectivity index (χ1n) is 16.7. The number of benzene rings is 2. The van der Waals surface area contributed by atoms with Crippen LogP contribution in [-0.2, 0) is 0 Å². The van der Waals surface area contributed by atoms with Crippen LogP contribution in [0.5, 0.6) is 0 Å². The predicted octanol–water partition coefficient (Wildman–Crippen LogP) is 6.80. The molecule has 0 bridgehead atoms. The summed E-state index contributed by atoms with van der Waals surface area (Å²) in [5.41, 5.74) is 4.74. The summed E-state index contributed by atoms with van der Waals surface area (Å²) < 4.78 is 6.83. The monoisotopic (exact) mass is 754 g/mol. The molecular formula is C37H31BrN12O2. The van der Waals surface area contributed by atoms with Crippen molar-refractivity contribution in [3.63, 3.8) is 0 Å². The van der Waals surface area contributed by atoms with E-state index >= 15 is 0 Å². The van der Waals surface area contributed by atoms with Crippen LogP contribution in [0.1, 0.15) is 58.7 Å². The van der Waals surface area contributed by atoms with Gasteiger partial charge in [-0.2, -0.15) is 0 Å². The van der Waals surface area contributed by atoms with Gasteiger partial charge in [0.25, 0.3) is 11.8 Å². The number of pyridine rings is 2. The molecule has 9 rings (SSSR count). The standard InChI is InChI=1S/C20H17N7O.C17H14BrN5O/c28-20(18-11-17(6-7-22-18)26-9-8-21-12-26)24-15-3-1-2-14(10-15)19-25-23-13-27(19)16-4-5-16;18-12-6-7-19-15(9-12)17(24)21-13-3-1-2-11(8-13)16-22-20-10-23(16)14-4-5-14/h1-3,6-13,16H,4-5H2,(H,24,28);1-3,6-10,14H,4-5H2,(H,21,24). The summed E-state index contributed by atoms with van der Waals surface area (Å²) in [6.07, 6.45) is 16.5. The minimum absolute atomic E-state index is 0.253. The van der Waals surface area contributed by atoms with Gasteiger partial charge in [0.15, 0.2) is 11.6 Å². The van der Waals surface area contributed by atoms with Crippen LogP contribution in [0, 0.1) is 0 Å². The topological polar surface area (TPSA) is 163 Å². The summed E-state index contributed by atoms with van der Waals surface area (Å²) in [7, 11) is 0. The second kappa shape index (κ2) is 14.5. The minimum Gasteiger partial charge on any atom is -0.321 e. The Kier molecular flexibility index (Phi) is 9.14. The van der Waals surface area contributed by atoms with Gasteiger partial charge in [0, 0.05) is 63.8 Å².